The van der Waals surface area contributed by atoms with Gasteiger partial charge in [0.2, 0.25) is 20.8 Å². The van der Waals surface area contributed by atoms with Crippen LogP contribution in [0.25, 0.3) is 55.4 Å². The van der Waals surface area contributed by atoms with Gasteiger partial charge in [-0.05, 0) is 93.7 Å². The molecule has 83 heavy (non-hydrogen) atoms. The molecule has 0 fully saturated rings. The Morgan fingerprint density at radius 1 is 0.590 bits per heavy atom. The molecule has 0 saturated heterocycles. The van der Waals surface area contributed by atoms with Crippen LogP contribution in [0.5, 0.6) is 11.5 Å². The van der Waals surface area contributed by atoms with Crippen LogP contribution in [-0.4, -0.2) is 87.6 Å². The Morgan fingerprint density at radius 3 is 1.64 bits per heavy atom. The van der Waals surface area contributed by atoms with Gasteiger partial charge < -0.3 is 29.4 Å². The predicted molar refractivity (Wildman–Crippen MR) is 321 cm³/mol. The molecule has 4 N–H and O–H groups in total. The zero-order valence-corrected chi connectivity index (χ0v) is 44.9. The minimum Gasteiger partial charge on any atom is -0.484 e. The van der Waals surface area contributed by atoms with Gasteiger partial charge in [0.25, 0.3) is 0 Å². The molecule has 8 aromatic heterocycles. The van der Waals surface area contributed by atoms with Crippen molar-refractivity contribution < 1.29 is 44.2 Å². The first-order valence-electron chi connectivity index (χ1n) is 23.6. The summed E-state index contributed by atoms with van der Waals surface area (Å²) in [5, 5.41) is 0.514. The number of hydrogen-bond acceptors (Lipinski definition) is 13. The van der Waals surface area contributed by atoms with Gasteiger partial charge >= 0.3 is 12.4 Å². The Labute approximate surface area is 487 Å². The van der Waals surface area contributed by atoms with E-state index in [1.165, 1.54) is 43.2 Å². The van der Waals surface area contributed by atoms with Gasteiger partial charge in [-0.1, -0.05) is 102 Å². The second-order valence-corrected chi connectivity index (χ2v) is 21.1. The molecule has 0 spiro atoms. The lowest BCUT2D eigenvalue weighted by Crippen LogP contribution is -2.20. The van der Waals surface area contributed by atoms with Crippen LogP contribution in [0, 0.1) is 30.2 Å². The van der Waals surface area contributed by atoms with Crippen molar-refractivity contribution in [2.75, 3.05) is 13.2 Å². The molecule has 0 bridgehead atoms. The number of nitrogens with one attached hydrogen (secondary N) is 4. The molecule has 0 saturated carbocycles. The number of ether oxygens (including phenoxy) is 2. The van der Waals surface area contributed by atoms with Crippen molar-refractivity contribution >= 4 is 101 Å². The van der Waals surface area contributed by atoms with Gasteiger partial charge in [-0.25, -0.2) is 23.4 Å². The number of hydrogen-bond donors (Lipinski definition) is 4. The number of thioether (sulfide) groups is 1. The third-order valence-corrected chi connectivity index (χ3v) is 14.8. The Kier molecular flexibility index (Phi) is 21.5. The van der Waals surface area contributed by atoms with Crippen LogP contribution in [0.3, 0.4) is 0 Å². The number of aromatic amines is 4. The summed E-state index contributed by atoms with van der Waals surface area (Å²) in [7, 11) is -3.86. The van der Waals surface area contributed by atoms with Crippen molar-refractivity contribution in [2.24, 2.45) is 0 Å². The highest BCUT2D eigenvalue weighted by atomic mass is 32.2. The summed E-state index contributed by atoms with van der Waals surface area (Å²) >= 11 is 11.9. The fourth-order valence-corrected chi connectivity index (χ4v) is 10.9. The minimum absolute atomic E-state index is 0. The quantitative estimate of drug-likeness (QED) is 0.0572. The number of alkyl halides is 6. The van der Waals surface area contributed by atoms with Gasteiger partial charge in [0.05, 0.1) is 61.0 Å². The van der Waals surface area contributed by atoms with E-state index in [-0.39, 0.29) is 63.0 Å². The number of pyridine rings is 3. The lowest BCUT2D eigenvalue weighted by Gasteiger charge is -2.13. The van der Waals surface area contributed by atoms with Crippen LogP contribution < -0.4 is 14.9 Å². The Bertz CT molecular complexity index is 4360. The zero-order chi connectivity index (χ0) is 56.2. The van der Waals surface area contributed by atoms with Crippen molar-refractivity contribution in [3.63, 3.8) is 0 Å². The monoisotopic (exact) mass is 1220 g/mol. The molecule has 0 aliphatic rings. The van der Waals surface area contributed by atoms with Gasteiger partial charge in [0.15, 0.2) is 28.6 Å². The smallest absolute Gasteiger partial charge is 0.422 e. The predicted octanol–water partition coefficient (Wildman–Crippen LogP) is 15.0. The summed E-state index contributed by atoms with van der Waals surface area (Å²) in [6.07, 6.45) is -4.45. The van der Waals surface area contributed by atoms with E-state index in [1.54, 1.807) is 50.4 Å². The molecular formula is C57H59F6N11O5S4. The highest BCUT2D eigenvalue weighted by Crippen LogP contribution is 2.30. The number of aromatic nitrogens is 11. The summed E-state index contributed by atoms with van der Waals surface area (Å²) in [6, 6.07) is 34.5. The molecular weight excluding hydrogens is 1160 g/mol. The van der Waals surface area contributed by atoms with Crippen LogP contribution in [-0.2, 0) is 21.3 Å². The number of para-hydroxylation sites is 8. The summed E-state index contributed by atoms with van der Waals surface area (Å²) in [5.41, 5.74) is 9.92. The number of fused-ring (bicyclic) bond motifs is 8. The number of sulfone groups is 1. The van der Waals surface area contributed by atoms with E-state index in [0.29, 0.717) is 43.0 Å². The van der Waals surface area contributed by atoms with E-state index < -0.39 is 41.2 Å². The third-order valence-electron chi connectivity index (χ3n) is 11.9. The van der Waals surface area contributed by atoms with Gasteiger partial charge in [0, 0.05) is 47.1 Å². The van der Waals surface area contributed by atoms with E-state index in [9.17, 15) is 39.6 Å². The fourth-order valence-electron chi connectivity index (χ4n) is 8.03. The van der Waals surface area contributed by atoms with Crippen LogP contribution in [0.2, 0.25) is 0 Å². The minimum atomic E-state index is -4.49. The van der Waals surface area contributed by atoms with Gasteiger partial charge in [-0.2, -0.15) is 26.3 Å². The summed E-state index contributed by atoms with van der Waals surface area (Å²) in [4.78, 5) is 45.0. The number of imidazole rings is 5. The molecule has 0 amide bonds. The Balaban J connectivity index is 0.000000207. The molecule has 0 aliphatic carbocycles. The standard InChI is InChI=1S/C16H14F3N3O3S.C16H14F3N3OS.C14H9N3OS.C7H6N2S.4CH4/c1-10-13(20-7-6-14(10)25-9-16(17,18)19)8-26(23,24)15-21-11-4-2-3-5-12(11)22-15;1-10-13(20-7-6-14(10)23-9-16(17,18)19)8-24-15-21-11-4-2-3-5-12(11)22-15;1-8-11(18)6-7-16-12(8)13(19)17-10-5-3-2-4-9(10)15-14(16)17;10-7-8-5-3-1-2-4-6(5)9-7;;;;/h2-7H,8-9H2,1H3,(H,21,22);2-7H,8-9H2,1H3,(H,21,22);2-7H,1H3;1-4H,(H2,8,9,10);4*1H4. The van der Waals surface area contributed by atoms with E-state index in [0.717, 1.165) is 49.6 Å². The van der Waals surface area contributed by atoms with E-state index in [2.05, 4.69) is 44.9 Å². The summed E-state index contributed by atoms with van der Waals surface area (Å²) in [6.45, 7) is 2.19. The van der Waals surface area contributed by atoms with Crippen LogP contribution in [0.4, 0.5) is 26.3 Å². The number of rotatable bonds is 10. The first-order chi connectivity index (χ1) is 37.6. The lowest BCUT2D eigenvalue weighted by atomic mass is 10.2. The Hall–Kier alpha value is -8.20. The highest BCUT2D eigenvalue weighted by Gasteiger charge is 2.30. The summed E-state index contributed by atoms with van der Waals surface area (Å²) in [5.74, 6) is 0.857. The van der Waals surface area contributed by atoms with Crippen LogP contribution >= 0.6 is 36.2 Å². The maximum absolute atomic E-state index is 12.6. The second-order valence-electron chi connectivity index (χ2n) is 17.4. The molecule has 16 nitrogen and oxygen atoms in total. The second kappa shape index (κ2) is 27.3. The number of H-pyrrole nitrogens is 4. The molecule has 26 heteroatoms. The molecule has 438 valence electrons. The van der Waals surface area contributed by atoms with Crippen LogP contribution in [0.1, 0.15) is 57.8 Å². The summed E-state index contributed by atoms with van der Waals surface area (Å²) < 4.78 is 114. The largest absolute Gasteiger partial charge is 0.484 e. The lowest BCUT2D eigenvalue weighted by molar-refractivity contribution is -0.154. The van der Waals surface area contributed by atoms with Crippen molar-refractivity contribution in [1.82, 2.24) is 53.7 Å². The highest BCUT2D eigenvalue weighted by molar-refractivity contribution is 7.98. The average Bonchev–Trinajstić information content (AvgIpc) is 1.83. The van der Waals surface area contributed by atoms with Gasteiger partial charge in [-0.3, -0.25) is 23.6 Å². The molecule has 0 atom stereocenters. The molecule has 12 rings (SSSR count). The van der Waals surface area contributed by atoms with Crippen molar-refractivity contribution in [1.29, 1.82) is 0 Å². The van der Waals surface area contributed by atoms with E-state index in [1.807, 2.05) is 81.6 Å². The maximum Gasteiger partial charge on any atom is 0.422 e. The molecule has 0 aliphatic heterocycles. The normalized spacial score (nSPS) is 11.3. The third kappa shape index (κ3) is 15.5. The number of benzene rings is 4. The number of nitrogens with zero attached hydrogens (tertiary/aromatic N) is 7. The maximum atomic E-state index is 12.6. The first-order valence-corrected chi connectivity index (χ1v) is 27.0. The molecule has 4 aromatic carbocycles. The fraction of sp³-hybridized carbons (Fsp3) is 0.228. The van der Waals surface area contributed by atoms with E-state index in [4.69, 9.17) is 33.9 Å². The first kappa shape index (κ1) is 65.6. The van der Waals surface area contributed by atoms with Gasteiger partial charge in [0.1, 0.15) is 21.9 Å². The van der Waals surface area contributed by atoms with E-state index >= 15 is 0 Å². The van der Waals surface area contributed by atoms with Crippen LogP contribution in [0.15, 0.2) is 149 Å². The molecule has 0 unspecified atom stereocenters. The average molecular weight is 1220 g/mol. The SMILES string of the molecule is C.C.C.C.Cc1c(=O)ccn2c1c(=S)n1c3ccccc3nc21.Cc1c(OCC(F)(F)F)ccnc1CS(=O)(=O)c1nc2ccccc2[nH]1.Cc1c(OCC(F)(F)F)ccnc1CSc1nc2ccccc2[nH]1.S=c1[nH]c2ccccc2[nH]1. The molecule has 0 radical (unpaired) electrons. The van der Waals surface area contributed by atoms with Crippen molar-refractivity contribution in [3.05, 3.63) is 182 Å². The number of halogens is 6. The Morgan fingerprint density at radius 2 is 1.08 bits per heavy atom. The molecule has 8 heterocycles. The topological polar surface area (TPSA) is 206 Å². The van der Waals surface area contributed by atoms with Gasteiger partial charge in [-0.15, -0.1) is 0 Å². The molecule has 12 aromatic rings. The zero-order valence-electron chi connectivity index (χ0n) is 41.6. The van der Waals surface area contributed by atoms with Crippen molar-refractivity contribution in [2.45, 2.75) is 84.6 Å². The number of aryl methyl sites for hydroxylation is 1. The van der Waals surface area contributed by atoms with Crippen molar-refractivity contribution in [3.8, 4) is 11.5 Å².